The molecule has 2 amide bonds. The van der Waals surface area contributed by atoms with Gasteiger partial charge in [0.25, 0.3) is 0 Å². The Morgan fingerprint density at radius 1 is 1.20 bits per heavy atom. The molecule has 2 aromatic rings. The summed E-state index contributed by atoms with van der Waals surface area (Å²) in [6.07, 6.45) is 0.194. The van der Waals surface area contributed by atoms with Crippen molar-refractivity contribution in [1.29, 1.82) is 0 Å². The molecule has 1 heterocycles. The first-order valence-corrected chi connectivity index (χ1v) is 8.79. The van der Waals surface area contributed by atoms with Gasteiger partial charge in [-0.05, 0) is 36.2 Å². The molecule has 0 aliphatic carbocycles. The maximum atomic E-state index is 12.4. The first-order chi connectivity index (χ1) is 12.0. The molecule has 130 valence electrons. The number of rotatable bonds is 4. The van der Waals surface area contributed by atoms with Crippen LogP contribution >= 0.6 is 23.2 Å². The molecule has 1 unspecified atom stereocenters. The maximum absolute atomic E-state index is 12.4. The molecule has 6 heteroatoms. The van der Waals surface area contributed by atoms with Crippen LogP contribution in [0.15, 0.2) is 42.5 Å². The van der Waals surface area contributed by atoms with Crippen LogP contribution in [0.4, 0.5) is 5.69 Å². The lowest BCUT2D eigenvalue weighted by Crippen LogP contribution is -2.32. The molecule has 0 radical (unpaired) electrons. The van der Waals surface area contributed by atoms with E-state index in [1.807, 2.05) is 37.3 Å². The second kappa shape index (κ2) is 7.46. The highest BCUT2D eigenvalue weighted by Gasteiger charge is 2.35. The third-order valence-corrected chi connectivity index (χ3v) is 5.15. The number of hydrogen-bond acceptors (Lipinski definition) is 2. The number of carbonyl (C=O) groups is 2. The van der Waals surface area contributed by atoms with E-state index in [0.29, 0.717) is 23.1 Å². The van der Waals surface area contributed by atoms with Gasteiger partial charge in [-0.15, -0.1) is 0 Å². The van der Waals surface area contributed by atoms with E-state index in [1.54, 1.807) is 17.0 Å². The maximum Gasteiger partial charge on any atom is 0.227 e. The van der Waals surface area contributed by atoms with Crippen molar-refractivity contribution in [3.05, 3.63) is 63.6 Å². The summed E-state index contributed by atoms with van der Waals surface area (Å²) >= 11 is 12.2. The molecule has 1 N–H and O–H groups in total. The van der Waals surface area contributed by atoms with Crippen LogP contribution < -0.4 is 10.2 Å². The van der Waals surface area contributed by atoms with Crippen molar-refractivity contribution < 1.29 is 9.59 Å². The van der Waals surface area contributed by atoms with Gasteiger partial charge in [0.15, 0.2) is 0 Å². The quantitative estimate of drug-likeness (QED) is 0.877. The molecule has 4 nitrogen and oxygen atoms in total. The van der Waals surface area contributed by atoms with Crippen molar-refractivity contribution >= 4 is 40.7 Å². The molecule has 0 spiro atoms. The fourth-order valence-electron chi connectivity index (χ4n) is 2.85. The van der Waals surface area contributed by atoms with Gasteiger partial charge in [0, 0.05) is 35.2 Å². The van der Waals surface area contributed by atoms with Crippen LogP contribution in [-0.4, -0.2) is 18.4 Å². The van der Waals surface area contributed by atoms with Crippen molar-refractivity contribution in [2.75, 3.05) is 11.4 Å². The SMILES string of the molecule is Cc1ccc(N2CC(C(=O)NCc3ccccc3Cl)CC2=O)cc1Cl. The van der Waals surface area contributed by atoms with E-state index in [9.17, 15) is 9.59 Å². The Hall–Kier alpha value is -2.04. The predicted molar refractivity (Wildman–Crippen MR) is 99.9 cm³/mol. The zero-order chi connectivity index (χ0) is 18.0. The second-order valence-electron chi connectivity index (χ2n) is 6.15. The van der Waals surface area contributed by atoms with Crippen molar-refractivity contribution in [3.8, 4) is 0 Å². The number of halogens is 2. The van der Waals surface area contributed by atoms with Crippen molar-refractivity contribution in [2.24, 2.45) is 5.92 Å². The Bertz CT molecular complexity index is 823. The van der Waals surface area contributed by atoms with Gasteiger partial charge >= 0.3 is 0 Å². The fourth-order valence-corrected chi connectivity index (χ4v) is 3.23. The average Bonchev–Trinajstić information content (AvgIpc) is 2.98. The first-order valence-electron chi connectivity index (χ1n) is 8.03. The predicted octanol–water partition coefficient (Wildman–Crippen LogP) is 3.97. The molecule has 1 saturated heterocycles. The lowest BCUT2D eigenvalue weighted by Gasteiger charge is -2.17. The van der Waals surface area contributed by atoms with Crippen LogP contribution in [0.5, 0.6) is 0 Å². The van der Waals surface area contributed by atoms with Gasteiger partial charge in [-0.25, -0.2) is 0 Å². The summed E-state index contributed by atoms with van der Waals surface area (Å²) in [6, 6.07) is 12.8. The lowest BCUT2D eigenvalue weighted by molar-refractivity contribution is -0.126. The van der Waals surface area contributed by atoms with E-state index < -0.39 is 0 Å². The molecule has 1 atom stereocenters. The van der Waals surface area contributed by atoms with Gasteiger partial charge in [0.2, 0.25) is 11.8 Å². The normalized spacial score (nSPS) is 17.0. The van der Waals surface area contributed by atoms with E-state index in [4.69, 9.17) is 23.2 Å². The number of benzene rings is 2. The number of nitrogens with zero attached hydrogens (tertiary/aromatic N) is 1. The van der Waals surface area contributed by atoms with Gasteiger partial charge in [0.1, 0.15) is 0 Å². The summed E-state index contributed by atoms with van der Waals surface area (Å²) in [6.45, 7) is 2.61. The molecule has 0 bridgehead atoms. The highest BCUT2D eigenvalue weighted by Crippen LogP contribution is 2.29. The van der Waals surface area contributed by atoms with Gasteiger partial charge < -0.3 is 10.2 Å². The number of hydrogen-bond donors (Lipinski definition) is 1. The van der Waals surface area contributed by atoms with Crippen LogP contribution in [0.2, 0.25) is 10.0 Å². The Morgan fingerprint density at radius 2 is 1.96 bits per heavy atom. The highest BCUT2D eigenvalue weighted by molar-refractivity contribution is 6.31. The monoisotopic (exact) mass is 376 g/mol. The standard InChI is InChI=1S/C19H18Cl2N2O2/c1-12-6-7-15(9-17(12)21)23-11-14(8-18(23)24)19(25)22-10-13-4-2-3-5-16(13)20/h2-7,9,14H,8,10-11H2,1H3,(H,22,25). The third kappa shape index (κ3) is 3.97. The number of aryl methyl sites for hydroxylation is 1. The van der Waals surface area contributed by atoms with Crippen molar-refractivity contribution in [1.82, 2.24) is 5.32 Å². The van der Waals surface area contributed by atoms with Gasteiger partial charge in [-0.2, -0.15) is 0 Å². The van der Waals surface area contributed by atoms with Crippen LogP contribution in [0.3, 0.4) is 0 Å². The number of anilines is 1. The van der Waals surface area contributed by atoms with Crippen LogP contribution in [-0.2, 0) is 16.1 Å². The Morgan fingerprint density at radius 3 is 2.68 bits per heavy atom. The molecule has 0 saturated carbocycles. The van der Waals surface area contributed by atoms with E-state index in [-0.39, 0.29) is 24.2 Å². The van der Waals surface area contributed by atoms with E-state index in [1.165, 1.54) is 0 Å². The summed E-state index contributed by atoms with van der Waals surface area (Å²) in [7, 11) is 0. The minimum absolute atomic E-state index is 0.0715. The Balaban J connectivity index is 1.64. The molecular weight excluding hydrogens is 359 g/mol. The second-order valence-corrected chi connectivity index (χ2v) is 6.96. The summed E-state index contributed by atoms with van der Waals surface area (Å²) in [5.74, 6) is -0.596. The molecule has 3 rings (SSSR count). The molecule has 2 aromatic carbocycles. The van der Waals surface area contributed by atoms with Gasteiger partial charge in [-0.1, -0.05) is 47.5 Å². The van der Waals surface area contributed by atoms with Crippen molar-refractivity contribution in [2.45, 2.75) is 19.9 Å². The average molecular weight is 377 g/mol. The first kappa shape index (κ1) is 17.8. The third-order valence-electron chi connectivity index (χ3n) is 4.37. The summed E-state index contributed by atoms with van der Waals surface area (Å²) in [5.41, 5.74) is 2.53. The van der Waals surface area contributed by atoms with Crippen LogP contribution in [0, 0.1) is 12.8 Å². The Kier molecular flexibility index (Phi) is 5.30. The minimum Gasteiger partial charge on any atom is -0.352 e. The molecular formula is C19H18Cl2N2O2. The summed E-state index contributed by atoms with van der Waals surface area (Å²) < 4.78 is 0. The molecule has 1 aliphatic heterocycles. The fraction of sp³-hybridized carbons (Fsp3) is 0.263. The summed E-state index contributed by atoms with van der Waals surface area (Å²) in [5, 5.41) is 4.09. The Labute approximate surface area is 156 Å². The van der Waals surface area contributed by atoms with Crippen LogP contribution in [0.25, 0.3) is 0 Å². The zero-order valence-corrected chi connectivity index (χ0v) is 15.3. The summed E-state index contributed by atoms with van der Waals surface area (Å²) in [4.78, 5) is 26.3. The molecule has 1 aliphatic rings. The van der Waals surface area contributed by atoms with E-state index >= 15 is 0 Å². The number of carbonyl (C=O) groups excluding carboxylic acids is 2. The molecule has 1 fully saturated rings. The molecule has 0 aromatic heterocycles. The van der Waals surface area contributed by atoms with Crippen LogP contribution in [0.1, 0.15) is 17.5 Å². The van der Waals surface area contributed by atoms with Crippen molar-refractivity contribution in [3.63, 3.8) is 0 Å². The highest BCUT2D eigenvalue weighted by atomic mass is 35.5. The lowest BCUT2D eigenvalue weighted by atomic mass is 10.1. The largest absolute Gasteiger partial charge is 0.352 e. The number of nitrogens with one attached hydrogen (secondary N) is 1. The smallest absolute Gasteiger partial charge is 0.227 e. The zero-order valence-electron chi connectivity index (χ0n) is 13.8. The van der Waals surface area contributed by atoms with Gasteiger partial charge in [0.05, 0.1) is 5.92 Å². The van der Waals surface area contributed by atoms with E-state index in [2.05, 4.69) is 5.32 Å². The molecule has 25 heavy (non-hydrogen) atoms. The topological polar surface area (TPSA) is 49.4 Å². The van der Waals surface area contributed by atoms with Gasteiger partial charge in [-0.3, -0.25) is 9.59 Å². The van der Waals surface area contributed by atoms with E-state index in [0.717, 1.165) is 16.8 Å². The number of amides is 2. The minimum atomic E-state index is -0.380.